The van der Waals surface area contributed by atoms with Gasteiger partial charge in [0, 0.05) is 7.11 Å². The van der Waals surface area contributed by atoms with Crippen molar-refractivity contribution >= 4 is 0 Å². The summed E-state index contributed by atoms with van der Waals surface area (Å²) in [6, 6.07) is 0. The lowest BCUT2D eigenvalue weighted by Gasteiger charge is -1.99. The van der Waals surface area contributed by atoms with Crippen LogP contribution in [-0.4, -0.2) is 19.9 Å². The van der Waals surface area contributed by atoms with E-state index in [0.717, 1.165) is 0 Å². The average Bonchev–Trinajstić information content (AvgIpc) is 1.68. The third-order valence-electron chi connectivity index (χ3n) is 0.661. The Morgan fingerprint density at radius 1 is 1.86 bits per heavy atom. The lowest BCUT2D eigenvalue weighted by Crippen LogP contribution is -2.05. The van der Waals surface area contributed by atoms with E-state index in [-0.39, 0.29) is 6.61 Å². The van der Waals surface area contributed by atoms with Gasteiger partial charge in [-0.3, -0.25) is 0 Å². The molecule has 1 unspecified atom stereocenters. The van der Waals surface area contributed by atoms with E-state index in [4.69, 9.17) is 0 Å². The summed E-state index contributed by atoms with van der Waals surface area (Å²) in [5, 5.41) is 0. The molecule has 0 saturated carbocycles. The Labute approximate surface area is 43.5 Å². The van der Waals surface area contributed by atoms with Crippen molar-refractivity contribution < 1.29 is 9.13 Å². The Balaban J connectivity index is 2.83. The van der Waals surface area contributed by atoms with Crippen LogP contribution >= 0.6 is 0 Å². The molecule has 0 spiro atoms. The molecule has 0 heterocycles. The van der Waals surface area contributed by atoms with Crippen molar-refractivity contribution in [2.24, 2.45) is 0 Å². The minimum absolute atomic E-state index is 0.170. The zero-order valence-corrected chi connectivity index (χ0v) is 4.48. The summed E-state index contributed by atoms with van der Waals surface area (Å²) in [4.78, 5) is 0. The highest BCUT2D eigenvalue weighted by Gasteiger charge is 1.98. The van der Waals surface area contributed by atoms with Crippen molar-refractivity contribution in [3.8, 4) is 0 Å². The molecule has 0 N–H and O–H groups in total. The predicted molar refractivity (Wildman–Crippen MR) is 26.7 cm³/mol. The molecule has 0 rings (SSSR count). The fourth-order valence-corrected chi connectivity index (χ4v) is 0.264. The van der Waals surface area contributed by atoms with Crippen molar-refractivity contribution in [3.63, 3.8) is 0 Å². The Bertz CT molecular complexity index is 39.1. The number of alkyl halides is 1. The lowest BCUT2D eigenvalue weighted by molar-refractivity contribution is 0.125. The summed E-state index contributed by atoms with van der Waals surface area (Å²) in [6.45, 7) is 3.52. The number of rotatable bonds is 3. The minimum Gasteiger partial charge on any atom is -0.382 e. The van der Waals surface area contributed by atoms with E-state index >= 15 is 0 Å². The van der Waals surface area contributed by atoms with Gasteiger partial charge in [-0.25, -0.2) is 4.39 Å². The Kier molecular flexibility index (Phi) is 4.00. The standard InChI is InChI=1S/C5H10FO/c1-3-5(6)4-7-2/h5H,1,3-4H2,2H3. The van der Waals surface area contributed by atoms with Crippen LogP contribution in [0.15, 0.2) is 0 Å². The summed E-state index contributed by atoms with van der Waals surface area (Å²) in [5.74, 6) is 0. The van der Waals surface area contributed by atoms with E-state index in [1.54, 1.807) is 0 Å². The molecule has 0 amide bonds. The Morgan fingerprint density at radius 2 is 2.43 bits per heavy atom. The number of ether oxygens (including phenoxy) is 1. The van der Waals surface area contributed by atoms with Crippen LogP contribution in [0, 0.1) is 6.92 Å². The molecule has 1 nitrogen and oxygen atoms in total. The third kappa shape index (κ3) is 3.73. The molecule has 1 radical (unpaired) electrons. The first-order chi connectivity index (χ1) is 3.31. The third-order valence-corrected chi connectivity index (χ3v) is 0.661. The van der Waals surface area contributed by atoms with Crippen LogP contribution in [0.5, 0.6) is 0 Å². The molecule has 0 aliphatic heterocycles. The van der Waals surface area contributed by atoms with E-state index in [1.807, 2.05) is 0 Å². The first-order valence-corrected chi connectivity index (χ1v) is 2.23. The zero-order chi connectivity index (χ0) is 5.70. The van der Waals surface area contributed by atoms with Gasteiger partial charge in [0.1, 0.15) is 6.17 Å². The molecule has 0 aromatic carbocycles. The van der Waals surface area contributed by atoms with Gasteiger partial charge in [-0.15, -0.1) is 0 Å². The van der Waals surface area contributed by atoms with Crippen LogP contribution in [0.3, 0.4) is 0 Å². The van der Waals surface area contributed by atoms with Gasteiger partial charge in [-0.2, -0.15) is 0 Å². The van der Waals surface area contributed by atoms with Gasteiger partial charge in [0.25, 0.3) is 0 Å². The lowest BCUT2D eigenvalue weighted by atomic mass is 10.3. The number of hydrogen-bond acceptors (Lipinski definition) is 1. The highest BCUT2D eigenvalue weighted by atomic mass is 19.1. The fraction of sp³-hybridized carbons (Fsp3) is 0.800. The van der Waals surface area contributed by atoms with Gasteiger partial charge in [0.2, 0.25) is 0 Å². The molecule has 1 atom stereocenters. The van der Waals surface area contributed by atoms with Crippen LogP contribution in [0.2, 0.25) is 0 Å². The Hall–Kier alpha value is -0.110. The first-order valence-electron chi connectivity index (χ1n) is 2.23. The minimum atomic E-state index is -0.884. The maximum absolute atomic E-state index is 11.9. The van der Waals surface area contributed by atoms with Crippen molar-refractivity contribution in [2.75, 3.05) is 13.7 Å². The van der Waals surface area contributed by atoms with Gasteiger partial charge in [-0.05, 0) is 6.42 Å². The van der Waals surface area contributed by atoms with Gasteiger partial charge >= 0.3 is 0 Å². The molecule has 0 aromatic rings. The SMILES string of the molecule is [CH2]CC(F)COC. The van der Waals surface area contributed by atoms with Crippen molar-refractivity contribution in [2.45, 2.75) is 12.6 Å². The molecular formula is C5H10FO. The molecule has 7 heavy (non-hydrogen) atoms. The highest BCUT2D eigenvalue weighted by Crippen LogP contribution is 1.94. The van der Waals surface area contributed by atoms with Crippen molar-refractivity contribution in [3.05, 3.63) is 6.92 Å². The molecule has 0 aliphatic carbocycles. The van der Waals surface area contributed by atoms with Crippen molar-refractivity contribution in [1.29, 1.82) is 0 Å². The summed E-state index contributed by atoms with van der Waals surface area (Å²) in [5.41, 5.74) is 0. The number of methoxy groups -OCH3 is 1. The van der Waals surface area contributed by atoms with E-state index in [2.05, 4.69) is 11.7 Å². The van der Waals surface area contributed by atoms with E-state index in [9.17, 15) is 4.39 Å². The molecule has 0 aliphatic rings. The fourth-order valence-electron chi connectivity index (χ4n) is 0.264. The van der Waals surface area contributed by atoms with Crippen LogP contribution in [0.1, 0.15) is 6.42 Å². The molecule has 0 fully saturated rings. The molecule has 43 valence electrons. The highest BCUT2D eigenvalue weighted by molar-refractivity contribution is 4.53. The second-order valence-corrected chi connectivity index (χ2v) is 1.34. The maximum Gasteiger partial charge on any atom is 0.123 e. The van der Waals surface area contributed by atoms with E-state index in [0.29, 0.717) is 6.42 Å². The number of halogens is 1. The van der Waals surface area contributed by atoms with E-state index < -0.39 is 6.17 Å². The smallest absolute Gasteiger partial charge is 0.123 e. The van der Waals surface area contributed by atoms with Crippen molar-refractivity contribution in [1.82, 2.24) is 0 Å². The van der Waals surface area contributed by atoms with Crippen LogP contribution in [-0.2, 0) is 4.74 Å². The molecule has 0 saturated heterocycles. The second-order valence-electron chi connectivity index (χ2n) is 1.34. The first kappa shape index (κ1) is 6.89. The molecule has 0 bridgehead atoms. The van der Waals surface area contributed by atoms with Gasteiger partial charge in [0.15, 0.2) is 0 Å². The van der Waals surface area contributed by atoms with Gasteiger partial charge < -0.3 is 4.74 Å². The molecule has 2 heteroatoms. The van der Waals surface area contributed by atoms with E-state index in [1.165, 1.54) is 7.11 Å². The van der Waals surface area contributed by atoms with Crippen LogP contribution < -0.4 is 0 Å². The summed E-state index contributed by atoms with van der Waals surface area (Å²) < 4.78 is 16.4. The van der Waals surface area contributed by atoms with Crippen LogP contribution in [0.25, 0.3) is 0 Å². The molecular weight excluding hydrogens is 95.1 g/mol. The van der Waals surface area contributed by atoms with Crippen LogP contribution in [0.4, 0.5) is 4.39 Å². The molecule has 0 aromatic heterocycles. The topological polar surface area (TPSA) is 9.23 Å². The zero-order valence-electron chi connectivity index (χ0n) is 4.48. The monoisotopic (exact) mass is 105 g/mol. The Morgan fingerprint density at radius 3 is 2.57 bits per heavy atom. The quantitative estimate of drug-likeness (QED) is 0.524. The second kappa shape index (κ2) is 4.06. The summed E-state index contributed by atoms with van der Waals surface area (Å²) in [6.07, 6.45) is -0.585. The summed E-state index contributed by atoms with van der Waals surface area (Å²) in [7, 11) is 1.47. The van der Waals surface area contributed by atoms with Gasteiger partial charge in [-0.1, -0.05) is 6.92 Å². The van der Waals surface area contributed by atoms with Gasteiger partial charge in [0.05, 0.1) is 6.61 Å². The summed E-state index contributed by atoms with van der Waals surface area (Å²) >= 11 is 0. The number of hydrogen-bond donors (Lipinski definition) is 0. The largest absolute Gasteiger partial charge is 0.382 e. The maximum atomic E-state index is 11.9. The predicted octanol–water partition coefficient (Wildman–Crippen LogP) is 1.20. The average molecular weight is 105 g/mol. The normalized spacial score (nSPS) is 14.1.